The van der Waals surface area contributed by atoms with E-state index in [4.69, 9.17) is 14.3 Å². The van der Waals surface area contributed by atoms with E-state index in [2.05, 4.69) is 44.9 Å². The van der Waals surface area contributed by atoms with Crippen LogP contribution in [0, 0.1) is 11.3 Å². The summed E-state index contributed by atoms with van der Waals surface area (Å²) in [6, 6.07) is 22.0. The smallest absolute Gasteiger partial charge is 0.272 e. The fraction of sp³-hybridized carbons (Fsp3) is 0.389. The van der Waals surface area contributed by atoms with Crippen LogP contribution in [0.1, 0.15) is 56.2 Å². The number of nitriles is 1. The molecule has 234 valence electrons. The molecule has 0 saturated carbocycles. The van der Waals surface area contributed by atoms with Crippen molar-refractivity contribution in [1.29, 1.82) is 5.26 Å². The van der Waals surface area contributed by atoms with Gasteiger partial charge in [0.2, 0.25) is 0 Å². The van der Waals surface area contributed by atoms with Gasteiger partial charge in [0.05, 0.1) is 24.6 Å². The normalized spacial score (nSPS) is 13.8. The Bertz CT molecular complexity index is 1680. The first-order valence-electron chi connectivity index (χ1n) is 15.5. The van der Waals surface area contributed by atoms with Crippen molar-refractivity contribution in [2.45, 2.75) is 71.3 Å². The van der Waals surface area contributed by atoms with E-state index < -0.39 is 13.7 Å². The monoisotopic (exact) mass is 621 g/mol. The molecule has 2 aromatic heterocycles. The molecule has 1 aliphatic rings. The maximum absolute atomic E-state index is 14.0. The van der Waals surface area contributed by atoms with Crippen molar-refractivity contribution < 1.29 is 14.0 Å². The van der Waals surface area contributed by atoms with Gasteiger partial charge in [-0.25, -0.2) is 0 Å². The van der Waals surface area contributed by atoms with Gasteiger partial charge in [-0.2, -0.15) is 10.4 Å². The van der Waals surface area contributed by atoms with Crippen LogP contribution < -0.4 is 4.74 Å². The number of aromatic nitrogens is 3. The quantitative estimate of drug-likeness (QED) is 0.171. The predicted molar refractivity (Wildman–Crippen MR) is 179 cm³/mol. The molecule has 9 heteroatoms. The van der Waals surface area contributed by atoms with Gasteiger partial charge in [-0.3, -0.25) is 14.5 Å². The molecule has 1 amide bonds. The fourth-order valence-corrected chi connectivity index (χ4v) is 6.14. The van der Waals surface area contributed by atoms with Crippen molar-refractivity contribution >= 4 is 14.2 Å². The lowest BCUT2D eigenvalue weighted by atomic mass is 9.86. The van der Waals surface area contributed by atoms with E-state index in [0.717, 1.165) is 39.3 Å². The zero-order valence-corrected chi connectivity index (χ0v) is 28.4. The summed E-state index contributed by atoms with van der Waals surface area (Å²) in [6.45, 7) is 17.6. The average Bonchev–Trinajstić information content (AvgIpc) is 3.42. The second-order valence-corrected chi connectivity index (χ2v) is 18.5. The minimum atomic E-state index is -1.92. The number of nitrogens with zero attached hydrogens (tertiary/aromatic N) is 5. The molecular weight excluding hydrogens is 579 g/mol. The number of hydrogen-bond donors (Lipinski definition) is 0. The lowest BCUT2D eigenvalue weighted by molar-refractivity contribution is 0.0666. The zero-order chi connectivity index (χ0) is 32.4. The van der Waals surface area contributed by atoms with E-state index in [1.807, 2.05) is 84.1 Å². The summed E-state index contributed by atoms with van der Waals surface area (Å²) in [6.07, 6.45) is 3.49. The maximum Gasteiger partial charge on any atom is 0.272 e. The molecule has 0 saturated heterocycles. The Morgan fingerprint density at radius 2 is 1.58 bits per heavy atom. The lowest BCUT2D eigenvalue weighted by Crippen LogP contribution is -2.46. The Balaban J connectivity index is 1.37. The van der Waals surface area contributed by atoms with Gasteiger partial charge >= 0.3 is 0 Å². The van der Waals surface area contributed by atoms with E-state index >= 15 is 0 Å². The van der Waals surface area contributed by atoms with Crippen LogP contribution in [0.5, 0.6) is 5.75 Å². The maximum atomic E-state index is 14.0. The van der Waals surface area contributed by atoms with E-state index in [0.29, 0.717) is 38.5 Å². The Morgan fingerprint density at radius 1 is 0.911 bits per heavy atom. The minimum Gasteiger partial charge on any atom is -0.489 e. The molecular formula is C36H43N5O3Si. The number of benzene rings is 2. The van der Waals surface area contributed by atoms with Gasteiger partial charge in [0.25, 0.3) is 5.91 Å². The van der Waals surface area contributed by atoms with Crippen LogP contribution in [-0.4, -0.2) is 53.6 Å². The number of fused-ring (bicyclic) bond motifs is 1. The van der Waals surface area contributed by atoms with Crippen LogP contribution in [0.2, 0.25) is 18.1 Å². The second kappa shape index (κ2) is 12.6. The molecule has 8 nitrogen and oxygen atoms in total. The Hall–Kier alpha value is -4.26. The lowest BCUT2D eigenvalue weighted by Gasteiger charge is -2.37. The van der Waals surface area contributed by atoms with Gasteiger partial charge in [-0.1, -0.05) is 57.2 Å². The number of carbonyl (C=O) groups excluding carboxylic acids is 1. The van der Waals surface area contributed by atoms with Crippen LogP contribution in [-0.2, 0) is 23.0 Å². The number of ether oxygens (including phenoxy) is 1. The second-order valence-electron chi connectivity index (χ2n) is 13.7. The fourth-order valence-electron chi connectivity index (χ4n) is 5.10. The van der Waals surface area contributed by atoms with E-state index in [9.17, 15) is 10.1 Å². The first kappa shape index (κ1) is 32.1. The summed E-state index contributed by atoms with van der Waals surface area (Å²) in [5.41, 5.74) is 5.42. The summed E-state index contributed by atoms with van der Waals surface area (Å²) in [5, 5.41) is 14.5. The summed E-state index contributed by atoms with van der Waals surface area (Å²) in [4.78, 5) is 20.1. The molecule has 0 N–H and O–H groups in total. The molecule has 0 atom stereocenters. The third-order valence-corrected chi connectivity index (χ3v) is 13.6. The van der Waals surface area contributed by atoms with Crippen molar-refractivity contribution in [3.63, 3.8) is 0 Å². The minimum absolute atomic E-state index is 0.0359. The van der Waals surface area contributed by atoms with Crippen molar-refractivity contribution in [3.8, 4) is 34.2 Å². The number of pyridine rings is 1. The first-order valence-corrected chi connectivity index (χ1v) is 18.4. The summed E-state index contributed by atoms with van der Waals surface area (Å²) >= 11 is 0. The molecule has 2 aromatic carbocycles. The highest BCUT2D eigenvalue weighted by Gasteiger charge is 2.38. The summed E-state index contributed by atoms with van der Waals surface area (Å²) < 4.78 is 14.4. The summed E-state index contributed by atoms with van der Waals surface area (Å²) in [7, 11) is -1.92. The molecule has 0 radical (unpaired) electrons. The van der Waals surface area contributed by atoms with Crippen molar-refractivity contribution in [2.24, 2.45) is 0 Å². The Morgan fingerprint density at radius 3 is 2.20 bits per heavy atom. The molecule has 0 spiro atoms. The third-order valence-electron chi connectivity index (χ3n) is 9.11. The molecule has 0 bridgehead atoms. The Labute approximate surface area is 267 Å². The molecule has 0 unspecified atom stereocenters. The average molecular weight is 622 g/mol. The van der Waals surface area contributed by atoms with Gasteiger partial charge in [0, 0.05) is 36.6 Å². The largest absolute Gasteiger partial charge is 0.489 e. The number of amides is 1. The van der Waals surface area contributed by atoms with Crippen molar-refractivity contribution in [1.82, 2.24) is 19.7 Å². The standard InChI is InChI=1S/C36H43N5O3Si/c1-35(2,3)45(6,7)44-23-22-40-20-21-41-33(34(40)42)31(32(39-41)28-16-18-38-19-17-28)27-10-14-30(15-11-27)43-24-26-8-12-29(13-9-26)36(4,5)25-37/h8-19H,20-24H2,1-7H3. The van der Waals surface area contributed by atoms with Crippen LogP contribution in [0.3, 0.4) is 0 Å². The molecule has 4 aromatic rings. The van der Waals surface area contributed by atoms with Gasteiger partial charge in [0.1, 0.15) is 23.7 Å². The highest BCUT2D eigenvalue weighted by Crippen LogP contribution is 2.38. The molecule has 45 heavy (non-hydrogen) atoms. The molecule has 0 fully saturated rings. The van der Waals surface area contributed by atoms with Crippen LogP contribution in [0.25, 0.3) is 22.4 Å². The zero-order valence-electron chi connectivity index (χ0n) is 27.4. The van der Waals surface area contributed by atoms with Gasteiger partial charge in [0.15, 0.2) is 8.32 Å². The van der Waals surface area contributed by atoms with Gasteiger partial charge in [-0.05, 0) is 72.9 Å². The SMILES string of the molecule is CC(C)(C#N)c1ccc(COc2ccc(-c3c(-c4ccncc4)nn4c3C(=O)N(CCO[Si](C)(C)C(C)(C)C)CC4)cc2)cc1. The molecule has 5 rings (SSSR count). The first-order chi connectivity index (χ1) is 21.3. The highest BCUT2D eigenvalue weighted by molar-refractivity contribution is 6.74. The van der Waals surface area contributed by atoms with Gasteiger partial charge in [-0.15, -0.1) is 0 Å². The molecule has 1 aliphatic heterocycles. The van der Waals surface area contributed by atoms with Crippen molar-refractivity contribution in [3.05, 3.63) is 89.9 Å². The van der Waals surface area contributed by atoms with E-state index in [1.165, 1.54) is 0 Å². The number of rotatable bonds is 10. The molecule has 0 aliphatic carbocycles. The van der Waals surface area contributed by atoms with E-state index in [1.54, 1.807) is 12.4 Å². The molecule has 3 heterocycles. The van der Waals surface area contributed by atoms with Crippen LogP contribution >= 0.6 is 0 Å². The predicted octanol–water partition coefficient (Wildman–Crippen LogP) is 7.47. The highest BCUT2D eigenvalue weighted by atomic mass is 28.4. The van der Waals surface area contributed by atoms with Crippen LogP contribution in [0.4, 0.5) is 0 Å². The van der Waals surface area contributed by atoms with Crippen LogP contribution in [0.15, 0.2) is 73.1 Å². The van der Waals surface area contributed by atoms with E-state index in [-0.39, 0.29) is 10.9 Å². The topological polar surface area (TPSA) is 93.3 Å². The number of carbonyl (C=O) groups is 1. The van der Waals surface area contributed by atoms with Gasteiger partial charge < -0.3 is 14.1 Å². The Kier molecular flexibility index (Phi) is 9.01. The third kappa shape index (κ3) is 6.87. The van der Waals surface area contributed by atoms with Crippen molar-refractivity contribution in [2.75, 3.05) is 19.7 Å². The number of hydrogen-bond acceptors (Lipinski definition) is 6. The summed E-state index contributed by atoms with van der Waals surface area (Å²) in [5.74, 6) is 0.689.